The molecule has 8 heterocycles. The number of aromatic nitrogens is 4. The lowest BCUT2D eigenvalue weighted by atomic mass is 9.81. The molecule has 0 N–H and O–H groups in total. The molecule has 0 saturated heterocycles. The second-order valence-corrected chi connectivity index (χ2v) is 14.5. The van der Waals surface area contributed by atoms with Crippen LogP contribution in [0.2, 0.25) is 0 Å². The normalized spacial score (nSPS) is 16.3. The van der Waals surface area contributed by atoms with E-state index in [2.05, 4.69) is 176 Å². The largest absolute Gasteiger partial charge is 0.404 e. The maximum Gasteiger partial charge on any atom is 0.379 e. The van der Waals surface area contributed by atoms with E-state index in [1.165, 1.54) is 77.4 Å². The third kappa shape index (κ3) is 2.63. The Morgan fingerprint density at radius 2 is 1.17 bits per heavy atom. The van der Waals surface area contributed by atoms with Crippen molar-refractivity contribution >= 4 is 43.7 Å². The third-order valence-corrected chi connectivity index (χ3v) is 12.2. The maximum atomic E-state index is 7.13. The minimum atomic E-state index is -0.726. The molecule has 5 heteroatoms. The van der Waals surface area contributed by atoms with Crippen molar-refractivity contribution < 1.29 is 13.9 Å². The van der Waals surface area contributed by atoms with E-state index >= 15 is 0 Å². The Morgan fingerprint density at radius 3 is 2.00 bits per heavy atom. The summed E-state index contributed by atoms with van der Waals surface area (Å²) in [6.45, 7) is 0. The summed E-state index contributed by atoms with van der Waals surface area (Å²) in [5.74, 6) is 1.74. The van der Waals surface area contributed by atoms with Crippen LogP contribution in [0.4, 0.5) is 0 Å². The van der Waals surface area contributed by atoms with Gasteiger partial charge in [-0.25, -0.2) is 0 Å². The summed E-state index contributed by atoms with van der Waals surface area (Å²) < 4.78 is 17.4. The van der Waals surface area contributed by atoms with Crippen molar-refractivity contribution in [2.45, 2.75) is 5.66 Å². The highest BCUT2D eigenvalue weighted by atomic mass is 16.5. The molecule has 4 aromatic heterocycles. The molecule has 52 heavy (non-hydrogen) atoms. The van der Waals surface area contributed by atoms with Crippen LogP contribution in [0, 0.1) is 0 Å². The van der Waals surface area contributed by atoms with Crippen LogP contribution in [-0.4, -0.2) is 9.13 Å². The summed E-state index contributed by atoms with van der Waals surface area (Å²) in [6, 6.07) is 57.9. The summed E-state index contributed by atoms with van der Waals surface area (Å²) in [5, 5.41) is 5.04. The number of hydrogen-bond acceptors (Lipinski definition) is 1. The fraction of sp³-hybridized carbons (Fsp3) is 0.0213. The predicted molar refractivity (Wildman–Crippen MR) is 203 cm³/mol. The molecular weight excluding hydrogens is 637 g/mol. The van der Waals surface area contributed by atoms with Crippen molar-refractivity contribution in [3.63, 3.8) is 0 Å². The molecule has 238 valence electrons. The topological polar surface area (TPSA) is 26.8 Å². The van der Waals surface area contributed by atoms with Crippen LogP contribution in [0.1, 0.15) is 11.1 Å². The molecule has 10 aromatic rings. The second kappa shape index (κ2) is 8.48. The predicted octanol–water partition coefficient (Wildman–Crippen LogP) is 9.80. The lowest BCUT2D eigenvalue weighted by molar-refractivity contribution is -0.932. The van der Waals surface area contributed by atoms with E-state index in [1.54, 1.807) is 0 Å². The Kier molecular flexibility index (Phi) is 4.23. The first-order valence-corrected chi connectivity index (χ1v) is 18.0. The van der Waals surface area contributed by atoms with Gasteiger partial charge in [0.25, 0.3) is 5.69 Å². The van der Waals surface area contributed by atoms with Crippen LogP contribution in [-0.2, 0) is 5.66 Å². The first-order chi connectivity index (χ1) is 25.8. The van der Waals surface area contributed by atoms with Gasteiger partial charge in [-0.05, 0) is 59.2 Å². The molecule has 14 rings (SSSR count). The molecule has 4 aliphatic rings. The van der Waals surface area contributed by atoms with E-state index in [4.69, 9.17) is 4.74 Å². The summed E-state index contributed by atoms with van der Waals surface area (Å²) in [4.78, 5) is 0. The van der Waals surface area contributed by atoms with Crippen LogP contribution in [0.25, 0.3) is 88.8 Å². The van der Waals surface area contributed by atoms with Gasteiger partial charge in [0.05, 0.1) is 28.2 Å². The van der Waals surface area contributed by atoms with Gasteiger partial charge in [0, 0.05) is 33.9 Å². The van der Waals surface area contributed by atoms with E-state index < -0.39 is 5.66 Å². The highest BCUT2D eigenvalue weighted by molar-refractivity contribution is 6.17. The molecule has 0 bridgehead atoms. The number of hydrogen-bond donors (Lipinski definition) is 0. The number of ether oxygens (including phenoxy) is 1. The van der Waals surface area contributed by atoms with Gasteiger partial charge < -0.3 is 9.30 Å². The summed E-state index contributed by atoms with van der Waals surface area (Å²) in [6.07, 6.45) is 0. The van der Waals surface area contributed by atoms with Crippen LogP contribution >= 0.6 is 0 Å². The van der Waals surface area contributed by atoms with Gasteiger partial charge in [-0.15, -0.1) is 9.13 Å². The van der Waals surface area contributed by atoms with Gasteiger partial charge in [0.2, 0.25) is 5.69 Å². The highest BCUT2D eigenvalue weighted by Gasteiger charge is 2.71. The quantitative estimate of drug-likeness (QED) is 0.169. The zero-order valence-electron chi connectivity index (χ0n) is 27.7. The Bertz CT molecular complexity index is 3320. The van der Waals surface area contributed by atoms with Gasteiger partial charge in [0.1, 0.15) is 16.6 Å². The standard InChI is InChI=1S/C47H26N4O/c1-3-12-27(13-4-1)29-24-38-39-26-33(28-14-5-2-6-15-28)42-32-17-8-10-19-35(32)49-37-23-22-31-30-16-7-9-18-34(30)48-36-20-11-21-40-43(36)47(44(37)45(31)48,51(39)46(42)49)50(38)41(25-29)52-40/h1-26H/q+2. The van der Waals surface area contributed by atoms with Crippen molar-refractivity contribution in [3.05, 3.63) is 169 Å². The Balaban J connectivity index is 1.31. The van der Waals surface area contributed by atoms with Crippen molar-refractivity contribution in [2.75, 3.05) is 0 Å². The Labute approximate surface area is 297 Å². The fourth-order valence-electron chi connectivity index (χ4n) is 10.4. The van der Waals surface area contributed by atoms with Crippen LogP contribution < -0.4 is 13.9 Å². The SMILES string of the molecule is c1ccc(-c2cc3[n+]4c(c2)-c2cc(-c5ccccc5)c5c6ccccc6n6c5[n+]2C42c4c(cccc4-n4c5ccccc5c5ccc-6c2c54)O3)cc1. The highest BCUT2D eigenvalue weighted by Crippen LogP contribution is 2.58. The average Bonchev–Trinajstić information content (AvgIpc) is 3.83. The van der Waals surface area contributed by atoms with E-state index in [0.717, 1.165) is 34.1 Å². The molecule has 1 spiro atoms. The molecule has 1 atom stereocenters. The van der Waals surface area contributed by atoms with Crippen LogP contribution in [0.15, 0.2) is 158 Å². The van der Waals surface area contributed by atoms with E-state index in [9.17, 15) is 0 Å². The molecule has 4 aliphatic heterocycles. The minimum Gasteiger partial charge on any atom is -0.404 e. The monoisotopic (exact) mass is 662 g/mol. The van der Waals surface area contributed by atoms with Crippen molar-refractivity contribution in [1.82, 2.24) is 9.13 Å². The fourth-order valence-corrected chi connectivity index (χ4v) is 10.4. The summed E-state index contributed by atoms with van der Waals surface area (Å²) >= 11 is 0. The zero-order chi connectivity index (χ0) is 33.4. The molecule has 0 radical (unpaired) electrons. The van der Waals surface area contributed by atoms with E-state index in [1.807, 2.05) is 0 Å². The molecule has 6 aromatic carbocycles. The summed E-state index contributed by atoms with van der Waals surface area (Å²) in [7, 11) is 0. The van der Waals surface area contributed by atoms with E-state index in [0.29, 0.717) is 0 Å². The van der Waals surface area contributed by atoms with Crippen LogP contribution in [0.5, 0.6) is 11.6 Å². The van der Waals surface area contributed by atoms with Gasteiger partial charge in [-0.1, -0.05) is 97.1 Å². The number of benzene rings is 6. The lowest BCUT2D eigenvalue weighted by Crippen LogP contribution is -2.74. The first kappa shape index (κ1) is 25.9. The maximum absolute atomic E-state index is 7.13. The third-order valence-electron chi connectivity index (χ3n) is 12.2. The zero-order valence-corrected chi connectivity index (χ0v) is 27.7. The minimum absolute atomic E-state index is 0.726. The van der Waals surface area contributed by atoms with Crippen molar-refractivity contribution in [2.24, 2.45) is 0 Å². The molecular formula is C47H26N4O+2. The van der Waals surface area contributed by atoms with Gasteiger partial charge >= 0.3 is 17.2 Å². The van der Waals surface area contributed by atoms with Crippen molar-refractivity contribution in [3.8, 4) is 56.6 Å². The number of nitrogens with zero attached hydrogens (tertiary/aromatic N) is 4. The van der Waals surface area contributed by atoms with Crippen LogP contribution in [0.3, 0.4) is 0 Å². The number of fused-ring (bicyclic) bond motifs is 9. The van der Waals surface area contributed by atoms with Gasteiger partial charge in [-0.3, -0.25) is 0 Å². The lowest BCUT2D eigenvalue weighted by Gasteiger charge is -2.37. The average molecular weight is 663 g/mol. The van der Waals surface area contributed by atoms with Gasteiger partial charge in [0.15, 0.2) is 11.4 Å². The molecule has 0 fully saturated rings. The molecule has 0 amide bonds. The smallest absolute Gasteiger partial charge is 0.379 e. The molecule has 5 nitrogen and oxygen atoms in total. The Morgan fingerprint density at radius 1 is 0.481 bits per heavy atom. The van der Waals surface area contributed by atoms with Gasteiger partial charge in [-0.2, -0.15) is 4.57 Å². The number of para-hydroxylation sites is 2. The van der Waals surface area contributed by atoms with E-state index in [-0.39, 0.29) is 0 Å². The molecule has 0 saturated carbocycles. The Hall–Kier alpha value is -6.98. The first-order valence-electron chi connectivity index (χ1n) is 18.0. The summed E-state index contributed by atoms with van der Waals surface area (Å²) in [5.41, 5.74) is 16.0. The molecule has 0 aliphatic carbocycles. The number of rotatable bonds is 2. The molecule has 1 unspecified atom stereocenters. The number of pyridine rings is 2. The van der Waals surface area contributed by atoms with Crippen molar-refractivity contribution in [1.29, 1.82) is 0 Å². The second-order valence-electron chi connectivity index (χ2n) is 14.5.